The van der Waals surface area contributed by atoms with E-state index in [9.17, 15) is 13.5 Å². The molecule has 1 fully saturated rings. The van der Waals surface area contributed by atoms with Gasteiger partial charge in [0.05, 0.1) is 4.90 Å². The first kappa shape index (κ1) is 20.8. The van der Waals surface area contributed by atoms with Gasteiger partial charge < -0.3 is 9.84 Å². The minimum Gasteiger partial charge on any atom is -0.491 e. The third-order valence-electron chi connectivity index (χ3n) is 4.95. The third kappa shape index (κ3) is 5.11. The fourth-order valence-corrected chi connectivity index (χ4v) is 5.07. The molecule has 1 unspecified atom stereocenters. The van der Waals surface area contributed by atoms with Crippen LogP contribution in [-0.2, 0) is 10.0 Å². The fraction of sp³-hybridized carbons (Fsp3) is 0.429. The average Bonchev–Trinajstić information content (AvgIpc) is 2.69. The van der Waals surface area contributed by atoms with Crippen LogP contribution in [0.3, 0.4) is 0 Å². The van der Waals surface area contributed by atoms with Gasteiger partial charge in [-0.3, -0.25) is 4.90 Å². The molecular formula is C21H28N2O4S. The molecule has 28 heavy (non-hydrogen) atoms. The predicted molar refractivity (Wildman–Crippen MR) is 109 cm³/mol. The number of sulfonamides is 1. The van der Waals surface area contributed by atoms with Gasteiger partial charge in [-0.15, -0.1) is 0 Å². The number of piperazine rings is 1. The summed E-state index contributed by atoms with van der Waals surface area (Å²) in [7, 11) is -3.49. The molecule has 0 amide bonds. The molecule has 1 heterocycles. The van der Waals surface area contributed by atoms with Crippen LogP contribution >= 0.6 is 0 Å². The summed E-state index contributed by atoms with van der Waals surface area (Å²) in [5.74, 6) is 0.728. The Kier molecular flexibility index (Phi) is 6.72. The second-order valence-corrected chi connectivity index (χ2v) is 9.16. The first-order chi connectivity index (χ1) is 13.4. The zero-order chi connectivity index (χ0) is 20.1. The number of β-amino-alcohol motifs (C(OH)–C–C–N with tert-alkyl or cyclic N) is 1. The van der Waals surface area contributed by atoms with Crippen molar-refractivity contribution in [3.63, 3.8) is 0 Å². The molecule has 0 radical (unpaired) electrons. The lowest BCUT2D eigenvalue weighted by Gasteiger charge is -2.35. The first-order valence-corrected chi connectivity index (χ1v) is 11.0. The molecule has 1 N–H and O–H groups in total. The number of hydrogen-bond acceptors (Lipinski definition) is 5. The molecule has 1 saturated heterocycles. The summed E-state index contributed by atoms with van der Waals surface area (Å²) in [6, 6.07) is 14.9. The highest BCUT2D eigenvalue weighted by Gasteiger charge is 2.30. The van der Waals surface area contributed by atoms with Crippen molar-refractivity contribution < 1.29 is 18.3 Å². The summed E-state index contributed by atoms with van der Waals surface area (Å²) in [5.41, 5.74) is 1.70. The molecule has 2 aromatic rings. The SMILES string of the molecule is Cc1ccc(C)c(S(=O)(=O)N2CCN(CC(O)COc3ccccc3)CC2)c1. The van der Waals surface area contributed by atoms with Gasteiger partial charge >= 0.3 is 0 Å². The maximum atomic E-state index is 13.0. The monoisotopic (exact) mass is 404 g/mol. The molecule has 1 aliphatic heterocycles. The Morgan fingerprint density at radius 1 is 1.04 bits per heavy atom. The molecule has 0 aromatic heterocycles. The van der Waals surface area contributed by atoms with Crippen LogP contribution in [0.2, 0.25) is 0 Å². The van der Waals surface area contributed by atoms with Crippen molar-refractivity contribution in [1.82, 2.24) is 9.21 Å². The minimum atomic E-state index is -3.49. The maximum Gasteiger partial charge on any atom is 0.243 e. The number of aryl methyl sites for hydroxylation is 2. The van der Waals surface area contributed by atoms with Crippen LogP contribution in [0.25, 0.3) is 0 Å². The predicted octanol–water partition coefficient (Wildman–Crippen LogP) is 2.05. The number of aliphatic hydroxyl groups excluding tert-OH is 1. The largest absolute Gasteiger partial charge is 0.491 e. The second-order valence-electron chi connectivity index (χ2n) is 7.25. The van der Waals surface area contributed by atoms with Crippen LogP contribution in [0.15, 0.2) is 53.4 Å². The first-order valence-electron chi connectivity index (χ1n) is 9.52. The number of hydrogen-bond donors (Lipinski definition) is 1. The fourth-order valence-electron chi connectivity index (χ4n) is 3.34. The lowest BCUT2D eigenvalue weighted by Crippen LogP contribution is -2.50. The molecule has 0 bridgehead atoms. The molecule has 0 spiro atoms. The van der Waals surface area contributed by atoms with E-state index in [1.807, 2.05) is 56.3 Å². The highest BCUT2D eigenvalue weighted by Crippen LogP contribution is 2.22. The molecule has 1 aliphatic rings. The Balaban J connectivity index is 1.52. The van der Waals surface area contributed by atoms with Crippen molar-refractivity contribution in [2.24, 2.45) is 0 Å². The zero-order valence-electron chi connectivity index (χ0n) is 16.4. The van der Waals surface area contributed by atoms with Gasteiger partial charge in [0, 0.05) is 32.7 Å². The molecular weight excluding hydrogens is 376 g/mol. The van der Waals surface area contributed by atoms with Gasteiger partial charge in [0.15, 0.2) is 0 Å². The van der Waals surface area contributed by atoms with Gasteiger partial charge in [-0.25, -0.2) is 8.42 Å². The standard InChI is InChI=1S/C21H28N2O4S/c1-17-8-9-18(2)21(14-17)28(25,26)23-12-10-22(11-13-23)15-19(24)16-27-20-6-4-3-5-7-20/h3-9,14,19,24H,10-13,15-16H2,1-2H3. The molecule has 7 heteroatoms. The average molecular weight is 405 g/mol. The van der Waals surface area contributed by atoms with Gasteiger partial charge in [-0.2, -0.15) is 4.31 Å². The summed E-state index contributed by atoms with van der Waals surface area (Å²) in [6.45, 7) is 6.42. The van der Waals surface area contributed by atoms with Crippen molar-refractivity contribution in [2.75, 3.05) is 39.3 Å². The number of para-hydroxylation sites is 1. The third-order valence-corrected chi connectivity index (χ3v) is 6.99. The molecule has 6 nitrogen and oxygen atoms in total. The lowest BCUT2D eigenvalue weighted by molar-refractivity contribution is 0.0569. The van der Waals surface area contributed by atoms with Crippen LogP contribution in [0, 0.1) is 13.8 Å². The van der Waals surface area contributed by atoms with E-state index < -0.39 is 16.1 Å². The van der Waals surface area contributed by atoms with Crippen LogP contribution < -0.4 is 4.74 Å². The Bertz CT molecular complexity index is 879. The summed E-state index contributed by atoms with van der Waals surface area (Å²) in [6.07, 6.45) is -0.623. The van der Waals surface area contributed by atoms with Crippen molar-refractivity contribution in [1.29, 1.82) is 0 Å². The van der Waals surface area contributed by atoms with E-state index in [4.69, 9.17) is 4.74 Å². The Morgan fingerprint density at radius 2 is 1.71 bits per heavy atom. The van der Waals surface area contributed by atoms with Crippen molar-refractivity contribution in [3.05, 3.63) is 59.7 Å². The van der Waals surface area contributed by atoms with E-state index in [2.05, 4.69) is 4.90 Å². The smallest absolute Gasteiger partial charge is 0.243 e. The van der Waals surface area contributed by atoms with E-state index >= 15 is 0 Å². The normalized spacial score (nSPS) is 17.4. The number of nitrogens with zero attached hydrogens (tertiary/aromatic N) is 2. The van der Waals surface area contributed by atoms with E-state index in [-0.39, 0.29) is 6.61 Å². The van der Waals surface area contributed by atoms with E-state index in [1.165, 1.54) is 4.31 Å². The molecule has 152 valence electrons. The van der Waals surface area contributed by atoms with Crippen molar-refractivity contribution >= 4 is 10.0 Å². The van der Waals surface area contributed by atoms with Crippen molar-refractivity contribution in [3.8, 4) is 5.75 Å². The maximum absolute atomic E-state index is 13.0. The van der Waals surface area contributed by atoms with Gasteiger partial charge in [0.25, 0.3) is 0 Å². The molecule has 3 rings (SSSR count). The summed E-state index contributed by atoms with van der Waals surface area (Å²) in [4.78, 5) is 2.46. The van der Waals surface area contributed by atoms with Gasteiger partial charge in [-0.05, 0) is 43.2 Å². The highest BCUT2D eigenvalue weighted by molar-refractivity contribution is 7.89. The molecule has 0 saturated carbocycles. The molecule has 0 aliphatic carbocycles. The Hall–Kier alpha value is -1.93. The number of benzene rings is 2. The lowest BCUT2D eigenvalue weighted by atomic mass is 10.2. The van der Waals surface area contributed by atoms with Gasteiger partial charge in [0.2, 0.25) is 10.0 Å². The van der Waals surface area contributed by atoms with Crippen LogP contribution in [-0.4, -0.2) is 68.2 Å². The Labute approximate surface area is 167 Å². The highest BCUT2D eigenvalue weighted by atomic mass is 32.2. The van der Waals surface area contributed by atoms with Gasteiger partial charge in [0.1, 0.15) is 18.5 Å². The van der Waals surface area contributed by atoms with Crippen LogP contribution in [0.5, 0.6) is 5.75 Å². The zero-order valence-corrected chi connectivity index (χ0v) is 17.2. The number of ether oxygens (including phenoxy) is 1. The summed E-state index contributed by atoms with van der Waals surface area (Å²) >= 11 is 0. The number of rotatable bonds is 7. The van der Waals surface area contributed by atoms with E-state index in [0.29, 0.717) is 37.6 Å². The molecule has 2 aromatic carbocycles. The van der Waals surface area contributed by atoms with Crippen LogP contribution in [0.4, 0.5) is 0 Å². The summed E-state index contributed by atoms with van der Waals surface area (Å²) < 4.78 is 33.1. The second kappa shape index (κ2) is 9.05. The summed E-state index contributed by atoms with van der Waals surface area (Å²) in [5, 5.41) is 10.2. The van der Waals surface area contributed by atoms with E-state index in [0.717, 1.165) is 16.9 Å². The topological polar surface area (TPSA) is 70.1 Å². The van der Waals surface area contributed by atoms with E-state index in [1.54, 1.807) is 6.07 Å². The van der Waals surface area contributed by atoms with Gasteiger partial charge in [-0.1, -0.05) is 30.3 Å². The molecule has 1 atom stereocenters. The minimum absolute atomic E-state index is 0.213. The Morgan fingerprint density at radius 3 is 2.39 bits per heavy atom. The number of aliphatic hydroxyl groups is 1. The quantitative estimate of drug-likeness (QED) is 0.765. The van der Waals surface area contributed by atoms with Crippen LogP contribution in [0.1, 0.15) is 11.1 Å². The van der Waals surface area contributed by atoms with Crippen molar-refractivity contribution in [2.45, 2.75) is 24.8 Å².